The van der Waals surface area contributed by atoms with Crippen molar-refractivity contribution in [2.75, 3.05) is 18.6 Å². The van der Waals surface area contributed by atoms with Crippen LogP contribution >= 0.6 is 11.8 Å². The molecule has 1 N–H and O–H groups in total. The Morgan fingerprint density at radius 3 is 2.62 bits per heavy atom. The van der Waals surface area contributed by atoms with E-state index in [9.17, 15) is 9.59 Å². The summed E-state index contributed by atoms with van der Waals surface area (Å²) in [7, 11) is 0. The Bertz CT molecular complexity index is 452. The van der Waals surface area contributed by atoms with Crippen molar-refractivity contribution in [2.24, 2.45) is 0 Å². The molecule has 1 atom stereocenters. The molecule has 0 aliphatic rings. The molecule has 0 spiro atoms. The van der Waals surface area contributed by atoms with Gasteiger partial charge in [-0.3, -0.25) is 0 Å². The van der Waals surface area contributed by atoms with Crippen LogP contribution in [0.5, 0.6) is 0 Å². The summed E-state index contributed by atoms with van der Waals surface area (Å²) in [5.74, 6) is 0.289. The third-order valence-corrected chi connectivity index (χ3v) is 3.43. The van der Waals surface area contributed by atoms with Crippen LogP contribution in [0, 0.1) is 11.3 Å². The Balaban J connectivity index is 4.27. The lowest BCUT2D eigenvalue weighted by atomic mass is 10.2. The SMILES string of the molecule is CSCC[C@H](NC(=O)OC(C)(C)C)C(=O)OCCCC/C=C\C#N. The fraction of sp³-hybridized carbons (Fsp3) is 0.706. The summed E-state index contributed by atoms with van der Waals surface area (Å²) in [5.41, 5.74) is -0.616. The Kier molecular flexibility index (Phi) is 11.8. The van der Waals surface area contributed by atoms with Gasteiger partial charge in [-0.15, -0.1) is 0 Å². The van der Waals surface area contributed by atoms with E-state index in [2.05, 4.69) is 5.32 Å². The zero-order valence-corrected chi connectivity index (χ0v) is 15.8. The minimum Gasteiger partial charge on any atom is -0.464 e. The Hall–Kier alpha value is -1.68. The molecule has 0 aromatic heterocycles. The fourth-order valence-electron chi connectivity index (χ4n) is 1.71. The minimum atomic E-state index is -0.703. The number of alkyl carbamates (subject to hydrolysis) is 1. The maximum atomic E-state index is 12.1. The number of thioether (sulfide) groups is 1. The molecule has 0 heterocycles. The molecule has 0 unspecified atom stereocenters. The lowest BCUT2D eigenvalue weighted by molar-refractivity contribution is -0.146. The second kappa shape index (κ2) is 12.7. The van der Waals surface area contributed by atoms with Crippen molar-refractivity contribution in [3.05, 3.63) is 12.2 Å². The van der Waals surface area contributed by atoms with Crippen LogP contribution in [0.2, 0.25) is 0 Å². The molecule has 0 saturated heterocycles. The van der Waals surface area contributed by atoms with E-state index in [4.69, 9.17) is 14.7 Å². The number of nitrogens with one attached hydrogen (secondary N) is 1. The Morgan fingerprint density at radius 2 is 2.04 bits per heavy atom. The highest BCUT2D eigenvalue weighted by Gasteiger charge is 2.25. The largest absolute Gasteiger partial charge is 0.464 e. The van der Waals surface area contributed by atoms with E-state index in [1.165, 1.54) is 6.08 Å². The van der Waals surface area contributed by atoms with Crippen LogP contribution < -0.4 is 5.32 Å². The van der Waals surface area contributed by atoms with Gasteiger partial charge in [-0.2, -0.15) is 17.0 Å². The summed E-state index contributed by atoms with van der Waals surface area (Å²) in [6, 6.07) is 1.22. The van der Waals surface area contributed by atoms with E-state index < -0.39 is 23.7 Å². The number of amides is 1. The number of nitriles is 1. The fourth-order valence-corrected chi connectivity index (χ4v) is 2.18. The molecule has 0 aromatic carbocycles. The van der Waals surface area contributed by atoms with Gasteiger partial charge in [-0.25, -0.2) is 9.59 Å². The summed E-state index contributed by atoms with van der Waals surface area (Å²) >= 11 is 1.59. The normalized spacial score (nSPS) is 12.5. The number of unbranched alkanes of at least 4 members (excludes halogenated alkanes) is 2. The first-order valence-electron chi connectivity index (χ1n) is 8.00. The number of hydrogen-bond acceptors (Lipinski definition) is 6. The molecule has 0 bridgehead atoms. The van der Waals surface area contributed by atoms with Crippen molar-refractivity contribution in [1.29, 1.82) is 5.26 Å². The molecule has 0 fully saturated rings. The monoisotopic (exact) mass is 356 g/mol. The molecule has 7 heteroatoms. The molecule has 6 nitrogen and oxygen atoms in total. The predicted octanol–water partition coefficient (Wildman–Crippen LogP) is 3.43. The van der Waals surface area contributed by atoms with Crippen molar-refractivity contribution in [1.82, 2.24) is 5.32 Å². The number of carbonyl (C=O) groups excluding carboxylic acids is 2. The zero-order valence-electron chi connectivity index (χ0n) is 15.0. The second-order valence-electron chi connectivity index (χ2n) is 6.18. The van der Waals surface area contributed by atoms with Crippen LogP contribution in [-0.4, -0.2) is 42.3 Å². The minimum absolute atomic E-state index is 0.297. The molecule has 1 amide bonds. The maximum Gasteiger partial charge on any atom is 0.408 e. The summed E-state index contributed by atoms with van der Waals surface area (Å²) in [5, 5.41) is 10.9. The number of allylic oxidation sites excluding steroid dienone is 2. The van der Waals surface area contributed by atoms with Gasteiger partial charge < -0.3 is 14.8 Å². The van der Waals surface area contributed by atoms with Crippen molar-refractivity contribution < 1.29 is 19.1 Å². The Labute approximate surface area is 149 Å². The van der Waals surface area contributed by atoms with Crippen LogP contribution in [0.15, 0.2) is 12.2 Å². The van der Waals surface area contributed by atoms with E-state index in [1.54, 1.807) is 38.6 Å². The Morgan fingerprint density at radius 1 is 1.33 bits per heavy atom. The summed E-state index contributed by atoms with van der Waals surface area (Å²) in [6.07, 6.45) is 7.35. The van der Waals surface area contributed by atoms with E-state index in [1.807, 2.05) is 12.3 Å². The molecule has 0 aromatic rings. The number of carbonyl (C=O) groups is 2. The van der Waals surface area contributed by atoms with E-state index >= 15 is 0 Å². The van der Waals surface area contributed by atoms with Gasteiger partial charge in [0, 0.05) is 6.08 Å². The summed E-state index contributed by atoms with van der Waals surface area (Å²) < 4.78 is 10.4. The first-order valence-corrected chi connectivity index (χ1v) is 9.39. The lowest BCUT2D eigenvalue weighted by Crippen LogP contribution is -2.44. The number of esters is 1. The number of ether oxygens (including phenoxy) is 2. The number of nitrogens with zero attached hydrogens (tertiary/aromatic N) is 1. The van der Waals surface area contributed by atoms with Crippen LogP contribution in [0.25, 0.3) is 0 Å². The van der Waals surface area contributed by atoms with Crippen LogP contribution in [0.4, 0.5) is 4.79 Å². The molecule has 0 radical (unpaired) electrons. The molecule has 0 rings (SSSR count). The first kappa shape index (κ1) is 22.3. The van der Waals surface area contributed by atoms with Crippen molar-refractivity contribution >= 4 is 23.8 Å². The highest BCUT2D eigenvalue weighted by atomic mass is 32.2. The molecule has 0 saturated carbocycles. The van der Waals surface area contributed by atoms with Crippen LogP contribution in [-0.2, 0) is 14.3 Å². The van der Waals surface area contributed by atoms with Crippen LogP contribution in [0.1, 0.15) is 46.5 Å². The standard InChI is InChI=1S/C17H28N2O4S/c1-17(2,3)23-16(21)19-14(10-13-24-4)15(20)22-12-9-7-5-6-8-11-18/h6,8,14H,5,7,9-10,12-13H2,1-4H3,(H,19,21)/b8-6-/t14-/m0/s1. The lowest BCUT2D eigenvalue weighted by Gasteiger charge is -2.22. The average molecular weight is 356 g/mol. The van der Waals surface area contributed by atoms with Crippen LogP contribution in [0.3, 0.4) is 0 Å². The third-order valence-electron chi connectivity index (χ3n) is 2.79. The molecule has 24 heavy (non-hydrogen) atoms. The van der Waals surface area contributed by atoms with Crippen molar-refractivity contribution in [3.63, 3.8) is 0 Å². The van der Waals surface area contributed by atoms with Crippen molar-refractivity contribution in [3.8, 4) is 6.07 Å². The van der Waals surface area contributed by atoms with E-state index in [0.29, 0.717) is 19.4 Å². The first-order chi connectivity index (χ1) is 11.3. The predicted molar refractivity (Wildman–Crippen MR) is 95.7 cm³/mol. The highest BCUT2D eigenvalue weighted by Crippen LogP contribution is 2.09. The third kappa shape index (κ3) is 12.8. The average Bonchev–Trinajstić information content (AvgIpc) is 2.48. The van der Waals surface area contributed by atoms with Gasteiger partial charge in [-0.05, 0) is 58.5 Å². The van der Waals surface area contributed by atoms with E-state index in [-0.39, 0.29) is 0 Å². The zero-order chi connectivity index (χ0) is 18.4. The van der Waals surface area contributed by atoms with Gasteiger partial charge in [-0.1, -0.05) is 6.08 Å². The molecular formula is C17H28N2O4S. The summed E-state index contributed by atoms with van der Waals surface area (Å²) in [6.45, 7) is 5.60. The van der Waals surface area contributed by atoms with Gasteiger partial charge >= 0.3 is 12.1 Å². The van der Waals surface area contributed by atoms with Crippen molar-refractivity contribution in [2.45, 2.75) is 58.1 Å². The van der Waals surface area contributed by atoms with Gasteiger partial charge in [0.05, 0.1) is 12.7 Å². The van der Waals surface area contributed by atoms with Gasteiger partial charge in [0.1, 0.15) is 11.6 Å². The molecule has 0 aliphatic heterocycles. The number of hydrogen-bond donors (Lipinski definition) is 1. The smallest absolute Gasteiger partial charge is 0.408 e. The van der Waals surface area contributed by atoms with Gasteiger partial charge in [0.25, 0.3) is 0 Å². The maximum absolute atomic E-state index is 12.1. The quantitative estimate of drug-likeness (QED) is 0.366. The molecule has 0 aliphatic carbocycles. The van der Waals surface area contributed by atoms with Gasteiger partial charge in [0.15, 0.2) is 0 Å². The molecular weight excluding hydrogens is 328 g/mol. The number of rotatable bonds is 10. The topological polar surface area (TPSA) is 88.4 Å². The molecule has 136 valence electrons. The van der Waals surface area contributed by atoms with Gasteiger partial charge in [0.2, 0.25) is 0 Å². The second-order valence-corrected chi connectivity index (χ2v) is 7.16. The highest BCUT2D eigenvalue weighted by molar-refractivity contribution is 7.98. The summed E-state index contributed by atoms with van der Waals surface area (Å²) in [4.78, 5) is 24.0. The van der Waals surface area contributed by atoms with E-state index in [0.717, 1.165) is 18.6 Å².